The van der Waals surface area contributed by atoms with Crippen LogP contribution in [0.1, 0.15) is 32.0 Å². The van der Waals surface area contributed by atoms with Gasteiger partial charge >= 0.3 is 5.97 Å². The second-order valence-electron chi connectivity index (χ2n) is 8.41. The summed E-state index contributed by atoms with van der Waals surface area (Å²) in [5.74, 6) is -2.22. The van der Waals surface area contributed by atoms with Crippen LogP contribution in [-0.4, -0.2) is 48.8 Å². The summed E-state index contributed by atoms with van der Waals surface area (Å²) < 4.78 is 2.36. The molecule has 200 valence electrons. The number of nitrogens with one attached hydrogen (secondary N) is 2. The number of carboxylic acid groups (broad SMARTS) is 1. The number of hydrogen-bond acceptors (Lipinski definition) is 6. The Balaban J connectivity index is 1.64. The third-order valence-corrected chi connectivity index (χ3v) is 6.92. The topological polar surface area (TPSA) is 146 Å². The molecule has 0 bridgehead atoms. The number of pyridine rings is 1. The first kappa shape index (κ1) is 28.5. The fourth-order valence-corrected chi connectivity index (χ4v) is 5.13. The summed E-state index contributed by atoms with van der Waals surface area (Å²) in [5.41, 5.74) is 1.60. The van der Waals surface area contributed by atoms with Crippen LogP contribution in [0.25, 0.3) is 5.82 Å². The molecule has 0 aliphatic carbocycles. The largest absolute Gasteiger partial charge is 0.508 e. The molecule has 4 rings (SSSR count). The van der Waals surface area contributed by atoms with Crippen molar-refractivity contribution < 1.29 is 24.6 Å². The van der Waals surface area contributed by atoms with Crippen LogP contribution in [0.3, 0.4) is 0 Å². The number of halogens is 3. The molecule has 0 saturated carbocycles. The molecule has 1 atom stereocenters. The van der Waals surface area contributed by atoms with E-state index in [0.717, 1.165) is 0 Å². The standard InChI is InChI=1S/C26H20BrClIN5O5/c1-13-9-15(29)11-17(24(36)31-19(26(38)39)10-14-4-6-16(35)7-5-14)22(13)32-25(37)20-12-21(27)33-34(20)23-18(28)3-2-8-30-23/h2-9,11-12,19,35H,10H2,1H3,(H,31,36)(H,32,37)(H,38,39)/t19-/m0/s1. The Bertz CT molecular complexity index is 1580. The smallest absolute Gasteiger partial charge is 0.326 e. The molecule has 4 N–H and O–H groups in total. The van der Waals surface area contributed by atoms with Crippen LogP contribution in [0, 0.1) is 10.5 Å². The minimum Gasteiger partial charge on any atom is -0.508 e. The van der Waals surface area contributed by atoms with Gasteiger partial charge in [0.25, 0.3) is 11.8 Å². The maximum Gasteiger partial charge on any atom is 0.326 e. The number of nitrogens with zero attached hydrogens (tertiary/aromatic N) is 3. The molecular formula is C26H20BrClIN5O5. The van der Waals surface area contributed by atoms with E-state index < -0.39 is 23.8 Å². The van der Waals surface area contributed by atoms with Gasteiger partial charge in [0.1, 0.15) is 22.1 Å². The highest BCUT2D eigenvalue weighted by Crippen LogP contribution is 2.27. The van der Waals surface area contributed by atoms with Crippen molar-refractivity contribution in [3.05, 3.63) is 96.4 Å². The molecule has 2 aromatic heterocycles. The van der Waals surface area contributed by atoms with Gasteiger partial charge in [0.15, 0.2) is 5.82 Å². The molecule has 0 aliphatic rings. The Kier molecular flexibility index (Phi) is 8.87. The summed E-state index contributed by atoms with van der Waals surface area (Å²) in [6, 6.07) is 12.9. The maximum absolute atomic E-state index is 13.4. The van der Waals surface area contributed by atoms with Gasteiger partial charge in [-0.15, -0.1) is 0 Å². The molecule has 0 unspecified atom stereocenters. The molecule has 2 amide bonds. The van der Waals surface area contributed by atoms with Crippen molar-refractivity contribution >= 4 is 73.6 Å². The lowest BCUT2D eigenvalue weighted by atomic mass is 10.0. The lowest BCUT2D eigenvalue weighted by molar-refractivity contribution is -0.139. The quantitative estimate of drug-likeness (QED) is 0.188. The van der Waals surface area contributed by atoms with Crippen LogP contribution in [0.5, 0.6) is 5.75 Å². The summed E-state index contributed by atoms with van der Waals surface area (Å²) in [7, 11) is 0. The van der Waals surface area contributed by atoms with E-state index in [4.69, 9.17) is 11.6 Å². The number of hydrogen-bond donors (Lipinski definition) is 4. The van der Waals surface area contributed by atoms with Gasteiger partial charge in [-0.3, -0.25) is 9.59 Å². The Morgan fingerprint density at radius 3 is 2.51 bits per heavy atom. The number of phenolic OH excluding ortho intramolecular Hbond substituents is 1. The number of amides is 2. The number of carbonyl (C=O) groups excluding carboxylic acids is 2. The van der Waals surface area contributed by atoms with Gasteiger partial charge in [0, 0.05) is 22.3 Å². The highest BCUT2D eigenvalue weighted by atomic mass is 127. The maximum atomic E-state index is 13.4. The lowest BCUT2D eigenvalue weighted by Crippen LogP contribution is -2.42. The first-order chi connectivity index (χ1) is 18.5. The van der Waals surface area contributed by atoms with Crippen LogP contribution in [0.2, 0.25) is 5.02 Å². The predicted octanol–water partition coefficient (Wildman–Crippen LogP) is 4.98. The number of aromatic nitrogens is 3. The first-order valence-corrected chi connectivity index (χ1v) is 13.6. The fraction of sp³-hybridized carbons (Fsp3) is 0.115. The molecule has 13 heteroatoms. The van der Waals surface area contributed by atoms with Crippen molar-refractivity contribution in [3.63, 3.8) is 0 Å². The summed E-state index contributed by atoms with van der Waals surface area (Å²) >= 11 is 11.6. The van der Waals surface area contributed by atoms with Crippen molar-refractivity contribution in [3.8, 4) is 11.6 Å². The van der Waals surface area contributed by atoms with E-state index in [1.165, 1.54) is 29.1 Å². The van der Waals surface area contributed by atoms with Crippen LogP contribution in [0.4, 0.5) is 5.69 Å². The minimum atomic E-state index is -1.26. The number of carboxylic acids is 1. The van der Waals surface area contributed by atoms with E-state index in [9.17, 15) is 24.6 Å². The molecule has 0 fully saturated rings. The molecule has 0 saturated heterocycles. The Morgan fingerprint density at radius 1 is 1.13 bits per heavy atom. The third-order valence-electron chi connectivity index (χ3n) is 5.61. The second-order valence-corrected chi connectivity index (χ2v) is 10.9. The van der Waals surface area contributed by atoms with Gasteiger partial charge in [0.2, 0.25) is 0 Å². The zero-order valence-corrected chi connectivity index (χ0v) is 24.7. The van der Waals surface area contributed by atoms with Crippen LogP contribution in [0.15, 0.2) is 65.4 Å². The summed E-state index contributed by atoms with van der Waals surface area (Å²) in [6.45, 7) is 1.72. The highest BCUT2D eigenvalue weighted by molar-refractivity contribution is 14.1. The van der Waals surface area contributed by atoms with Gasteiger partial charge in [-0.2, -0.15) is 5.10 Å². The van der Waals surface area contributed by atoms with Crippen molar-refractivity contribution in [2.24, 2.45) is 0 Å². The number of aromatic hydroxyl groups is 1. The fourth-order valence-electron chi connectivity index (χ4n) is 3.78. The molecule has 0 spiro atoms. The van der Waals surface area contributed by atoms with E-state index in [2.05, 4.69) is 36.6 Å². The van der Waals surface area contributed by atoms with Crippen LogP contribution < -0.4 is 10.6 Å². The Hall–Kier alpha value is -3.49. The monoisotopic (exact) mass is 723 g/mol. The number of carbonyl (C=O) groups is 3. The van der Waals surface area contributed by atoms with Crippen molar-refractivity contribution in [2.75, 3.05) is 5.32 Å². The number of phenols is 1. The molecular weight excluding hydrogens is 705 g/mol. The van der Waals surface area contributed by atoms with Crippen LogP contribution >= 0.6 is 50.1 Å². The molecule has 2 heterocycles. The zero-order valence-electron chi connectivity index (χ0n) is 20.2. The molecule has 39 heavy (non-hydrogen) atoms. The zero-order chi connectivity index (χ0) is 28.3. The average Bonchev–Trinajstić information content (AvgIpc) is 3.27. The average molecular weight is 725 g/mol. The Labute approximate surface area is 249 Å². The Morgan fingerprint density at radius 2 is 1.85 bits per heavy atom. The number of benzene rings is 2. The number of aryl methyl sites for hydroxylation is 1. The lowest BCUT2D eigenvalue weighted by Gasteiger charge is -2.18. The van der Waals surface area contributed by atoms with E-state index in [0.29, 0.717) is 19.3 Å². The van der Waals surface area contributed by atoms with E-state index in [-0.39, 0.29) is 40.0 Å². The summed E-state index contributed by atoms with van der Waals surface area (Å²) in [5, 5.41) is 29.1. The number of rotatable bonds is 8. The van der Waals surface area contributed by atoms with E-state index in [1.54, 1.807) is 43.3 Å². The van der Waals surface area contributed by atoms with E-state index in [1.807, 2.05) is 22.6 Å². The van der Waals surface area contributed by atoms with Crippen molar-refractivity contribution in [1.82, 2.24) is 20.1 Å². The summed E-state index contributed by atoms with van der Waals surface area (Å²) in [6.07, 6.45) is 1.51. The van der Waals surface area contributed by atoms with Gasteiger partial charge in [-0.25, -0.2) is 14.5 Å². The second kappa shape index (κ2) is 12.1. The van der Waals surface area contributed by atoms with Gasteiger partial charge in [-0.1, -0.05) is 23.7 Å². The normalized spacial score (nSPS) is 11.6. The SMILES string of the molecule is Cc1cc(I)cc(C(=O)N[C@@H](Cc2ccc(O)cc2)C(=O)O)c1NC(=O)c1cc(Br)nn1-c1ncccc1Cl. The summed E-state index contributed by atoms with van der Waals surface area (Å²) in [4.78, 5) is 43.0. The third kappa shape index (κ3) is 6.75. The van der Waals surface area contributed by atoms with Gasteiger partial charge in [-0.05, 0) is 93.0 Å². The van der Waals surface area contributed by atoms with Crippen molar-refractivity contribution in [1.29, 1.82) is 0 Å². The van der Waals surface area contributed by atoms with Crippen LogP contribution in [-0.2, 0) is 11.2 Å². The number of anilines is 1. The molecule has 0 radical (unpaired) electrons. The van der Waals surface area contributed by atoms with Crippen molar-refractivity contribution in [2.45, 2.75) is 19.4 Å². The molecule has 4 aromatic rings. The van der Waals surface area contributed by atoms with Gasteiger partial charge in [0.05, 0.1) is 16.3 Å². The van der Waals surface area contributed by atoms with Gasteiger partial charge < -0.3 is 20.8 Å². The predicted molar refractivity (Wildman–Crippen MR) is 157 cm³/mol. The molecule has 2 aromatic carbocycles. The highest BCUT2D eigenvalue weighted by Gasteiger charge is 2.26. The van der Waals surface area contributed by atoms with E-state index >= 15 is 0 Å². The minimum absolute atomic E-state index is 0.00992. The molecule has 10 nitrogen and oxygen atoms in total. The molecule has 0 aliphatic heterocycles. The first-order valence-electron chi connectivity index (χ1n) is 11.3. The number of aliphatic carboxylic acids is 1.